The number of carbonyl (C=O) groups is 3. The van der Waals surface area contributed by atoms with Gasteiger partial charge in [0.1, 0.15) is 0 Å². The molecule has 1 aliphatic rings. The van der Waals surface area contributed by atoms with Crippen molar-refractivity contribution in [3.05, 3.63) is 47.3 Å². The maximum absolute atomic E-state index is 12.0. The van der Waals surface area contributed by atoms with E-state index in [1.807, 2.05) is 5.43 Å². The highest BCUT2D eigenvalue weighted by molar-refractivity contribution is 6.52. The molecule has 106 valence electrons. The molecule has 0 saturated carbocycles. The summed E-state index contributed by atoms with van der Waals surface area (Å²) in [6, 6.07) is 8.03. The number of nitrogen functional groups attached to an aromatic ring is 1. The van der Waals surface area contributed by atoms with Gasteiger partial charge in [0.25, 0.3) is 17.6 Å². The van der Waals surface area contributed by atoms with E-state index in [0.717, 1.165) is 0 Å². The molecular formula is C13H10N4O4. The Kier molecular flexibility index (Phi) is 2.99. The van der Waals surface area contributed by atoms with Crippen LogP contribution in [0.25, 0.3) is 0 Å². The van der Waals surface area contributed by atoms with Crippen molar-refractivity contribution in [3.63, 3.8) is 0 Å². The number of nitrogens with one attached hydrogen (secondary N) is 1. The lowest BCUT2D eigenvalue weighted by Gasteiger charge is -2.13. The predicted octanol–water partition coefficient (Wildman–Crippen LogP) is 0.00760. The number of hydrogen-bond donors (Lipinski definition) is 2. The number of fused-ring (bicyclic) bond motifs is 1. The van der Waals surface area contributed by atoms with Crippen molar-refractivity contribution in [1.82, 2.24) is 10.6 Å². The third kappa shape index (κ3) is 2.07. The van der Waals surface area contributed by atoms with Gasteiger partial charge in [-0.05, 0) is 12.1 Å². The molecule has 0 radical (unpaired) electrons. The van der Waals surface area contributed by atoms with E-state index in [9.17, 15) is 14.4 Å². The fraction of sp³-hybridized carbons (Fsp3) is 0.0769. The zero-order chi connectivity index (χ0) is 15.0. The maximum Gasteiger partial charge on any atom is 0.299 e. The van der Waals surface area contributed by atoms with Crippen LogP contribution in [0.2, 0.25) is 0 Å². The van der Waals surface area contributed by atoms with Crippen LogP contribution in [0.4, 0.5) is 5.69 Å². The number of anilines is 1. The summed E-state index contributed by atoms with van der Waals surface area (Å²) >= 11 is 0. The van der Waals surface area contributed by atoms with Gasteiger partial charge < -0.3 is 4.52 Å². The number of para-hydroxylation sites is 1. The van der Waals surface area contributed by atoms with E-state index in [0.29, 0.717) is 11.3 Å². The number of carbonyl (C=O) groups excluding carboxylic acids is 3. The number of ketones is 1. The van der Waals surface area contributed by atoms with Crippen molar-refractivity contribution in [2.75, 3.05) is 4.90 Å². The highest BCUT2D eigenvalue weighted by Gasteiger charge is 2.36. The molecule has 0 aliphatic carbocycles. The van der Waals surface area contributed by atoms with E-state index >= 15 is 0 Å². The van der Waals surface area contributed by atoms with Gasteiger partial charge in [0.2, 0.25) is 0 Å². The number of aromatic nitrogens is 1. The summed E-state index contributed by atoms with van der Waals surface area (Å²) in [6.45, 7) is 0.00639. The van der Waals surface area contributed by atoms with Crippen LogP contribution in [0, 0.1) is 0 Å². The molecule has 0 fully saturated rings. The summed E-state index contributed by atoms with van der Waals surface area (Å²) in [5.74, 6) is 3.45. The van der Waals surface area contributed by atoms with Gasteiger partial charge in [-0.1, -0.05) is 17.3 Å². The zero-order valence-electron chi connectivity index (χ0n) is 10.7. The third-order valence-corrected chi connectivity index (χ3v) is 3.12. The molecule has 0 atom stereocenters. The molecule has 3 N–H and O–H groups in total. The average molecular weight is 286 g/mol. The SMILES string of the molecule is NNC(=O)c1cc(CN2C(=O)C(=O)c3ccccc32)on1. The molecule has 3 rings (SSSR count). The number of rotatable bonds is 3. The molecule has 0 bridgehead atoms. The highest BCUT2D eigenvalue weighted by Crippen LogP contribution is 2.29. The van der Waals surface area contributed by atoms with E-state index in [4.69, 9.17) is 10.4 Å². The monoisotopic (exact) mass is 286 g/mol. The van der Waals surface area contributed by atoms with Crippen molar-refractivity contribution in [3.8, 4) is 0 Å². The van der Waals surface area contributed by atoms with Crippen LogP contribution >= 0.6 is 0 Å². The highest BCUT2D eigenvalue weighted by atomic mass is 16.5. The van der Waals surface area contributed by atoms with Gasteiger partial charge in [0.15, 0.2) is 11.5 Å². The standard InChI is InChI=1S/C13H10N4O4/c14-15-12(19)9-5-7(21-16-9)6-17-10-4-2-1-3-8(10)11(18)13(17)20/h1-5H,6,14H2,(H,15,19). The van der Waals surface area contributed by atoms with Crippen molar-refractivity contribution in [2.24, 2.45) is 5.84 Å². The summed E-state index contributed by atoms with van der Waals surface area (Å²) in [6.07, 6.45) is 0. The van der Waals surface area contributed by atoms with Crippen molar-refractivity contribution >= 4 is 23.3 Å². The number of nitrogens with zero attached hydrogens (tertiary/aromatic N) is 2. The van der Waals surface area contributed by atoms with Crippen LogP contribution in [0.5, 0.6) is 0 Å². The molecule has 1 aliphatic heterocycles. The molecule has 8 heteroatoms. The molecule has 0 saturated heterocycles. The zero-order valence-corrected chi connectivity index (χ0v) is 10.7. The first-order valence-corrected chi connectivity index (χ1v) is 6.03. The number of Topliss-reactive ketones (excluding diaryl/α,β-unsaturated/α-hetero) is 1. The number of hydrogen-bond acceptors (Lipinski definition) is 6. The lowest BCUT2D eigenvalue weighted by atomic mass is 10.1. The first-order chi connectivity index (χ1) is 10.1. The molecule has 0 unspecified atom stereocenters. The fourth-order valence-electron chi connectivity index (χ4n) is 2.13. The Balaban J connectivity index is 1.88. The molecule has 1 aromatic carbocycles. The van der Waals surface area contributed by atoms with E-state index < -0.39 is 17.6 Å². The predicted molar refractivity (Wildman–Crippen MR) is 70.1 cm³/mol. The van der Waals surface area contributed by atoms with E-state index in [1.54, 1.807) is 24.3 Å². The van der Waals surface area contributed by atoms with Gasteiger partial charge in [-0.2, -0.15) is 0 Å². The van der Waals surface area contributed by atoms with Gasteiger partial charge in [0, 0.05) is 6.07 Å². The molecule has 0 spiro atoms. The second-order valence-corrected chi connectivity index (χ2v) is 4.39. The molecule has 2 heterocycles. The topological polar surface area (TPSA) is 119 Å². The normalized spacial score (nSPS) is 13.5. The van der Waals surface area contributed by atoms with Crippen molar-refractivity contribution in [2.45, 2.75) is 6.54 Å². The Hall–Kier alpha value is -3.00. The molecule has 21 heavy (non-hydrogen) atoms. The van der Waals surface area contributed by atoms with Crippen LogP contribution < -0.4 is 16.2 Å². The number of amides is 2. The molecule has 2 amide bonds. The smallest absolute Gasteiger partial charge is 0.299 e. The first-order valence-electron chi connectivity index (χ1n) is 6.03. The van der Waals surface area contributed by atoms with E-state index in [1.165, 1.54) is 11.0 Å². The van der Waals surface area contributed by atoms with E-state index in [2.05, 4.69) is 5.16 Å². The van der Waals surface area contributed by atoms with Gasteiger partial charge in [0.05, 0.1) is 17.8 Å². The summed E-state index contributed by atoms with van der Waals surface area (Å²) in [5.41, 5.74) is 2.78. The Labute approximate surface area is 118 Å². The third-order valence-electron chi connectivity index (χ3n) is 3.12. The fourth-order valence-corrected chi connectivity index (χ4v) is 2.13. The summed E-state index contributed by atoms with van der Waals surface area (Å²) < 4.78 is 4.98. The lowest BCUT2D eigenvalue weighted by molar-refractivity contribution is -0.114. The Bertz CT molecular complexity index is 752. The second kappa shape index (κ2) is 4.84. The van der Waals surface area contributed by atoms with Crippen LogP contribution in [-0.4, -0.2) is 22.8 Å². The Morgan fingerprint density at radius 1 is 1.33 bits per heavy atom. The van der Waals surface area contributed by atoms with Crippen molar-refractivity contribution in [1.29, 1.82) is 0 Å². The minimum absolute atomic E-state index is 0.00115. The first kappa shape index (κ1) is 13.0. The van der Waals surface area contributed by atoms with Gasteiger partial charge in [-0.3, -0.25) is 24.7 Å². The van der Waals surface area contributed by atoms with Crippen molar-refractivity contribution < 1.29 is 18.9 Å². The van der Waals surface area contributed by atoms with Gasteiger partial charge >= 0.3 is 0 Å². The molecule has 2 aromatic rings. The van der Waals surface area contributed by atoms with Crippen LogP contribution in [0.1, 0.15) is 26.6 Å². The largest absolute Gasteiger partial charge is 0.359 e. The average Bonchev–Trinajstić information content (AvgIpc) is 3.07. The minimum atomic E-state index is -0.641. The Morgan fingerprint density at radius 3 is 2.86 bits per heavy atom. The number of nitrogens with two attached hydrogens (primary N) is 1. The number of hydrazine groups is 1. The second-order valence-electron chi connectivity index (χ2n) is 4.39. The van der Waals surface area contributed by atoms with Gasteiger partial charge in [-0.15, -0.1) is 0 Å². The summed E-state index contributed by atoms with van der Waals surface area (Å²) in [4.78, 5) is 36.4. The van der Waals surface area contributed by atoms with Crippen LogP contribution in [-0.2, 0) is 11.3 Å². The van der Waals surface area contributed by atoms with E-state index in [-0.39, 0.29) is 18.0 Å². The van der Waals surface area contributed by atoms with Gasteiger partial charge in [-0.25, -0.2) is 5.84 Å². The van der Waals surface area contributed by atoms with Crippen LogP contribution in [0.3, 0.4) is 0 Å². The van der Waals surface area contributed by atoms with Crippen LogP contribution in [0.15, 0.2) is 34.9 Å². The summed E-state index contributed by atoms with van der Waals surface area (Å²) in [5, 5.41) is 3.54. The molecule has 1 aromatic heterocycles. The number of benzene rings is 1. The Morgan fingerprint density at radius 2 is 2.10 bits per heavy atom. The lowest BCUT2D eigenvalue weighted by Crippen LogP contribution is -2.30. The quantitative estimate of drug-likeness (QED) is 0.355. The molecule has 8 nitrogen and oxygen atoms in total. The minimum Gasteiger partial charge on any atom is -0.359 e. The molecular weight excluding hydrogens is 276 g/mol. The maximum atomic E-state index is 12.0. The summed E-state index contributed by atoms with van der Waals surface area (Å²) in [7, 11) is 0.